The molecule has 0 bridgehead atoms. The van der Waals surface area contributed by atoms with Crippen LogP contribution < -0.4 is 10.2 Å². The van der Waals surface area contributed by atoms with E-state index in [9.17, 15) is 14.0 Å². The van der Waals surface area contributed by atoms with Crippen molar-refractivity contribution in [1.29, 1.82) is 0 Å². The Morgan fingerprint density at radius 2 is 2.05 bits per heavy atom. The van der Waals surface area contributed by atoms with Crippen LogP contribution in [-0.2, 0) is 9.59 Å². The second kappa shape index (κ2) is 4.81. The number of nitrogens with one attached hydrogen (secondary N) is 1. The van der Waals surface area contributed by atoms with Gasteiger partial charge in [0.1, 0.15) is 11.4 Å². The summed E-state index contributed by atoms with van der Waals surface area (Å²) >= 11 is 5.69. The highest BCUT2D eigenvalue weighted by atomic mass is 35.5. The summed E-state index contributed by atoms with van der Waals surface area (Å²) in [6.45, 7) is 3.34. The van der Waals surface area contributed by atoms with Crippen LogP contribution in [0, 0.1) is 5.82 Å². The fourth-order valence-electron chi connectivity index (χ4n) is 2.05. The third-order valence-electron chi connectivity index (χ3n) is 2.99. The van der Waals surface area contributed by atoms with Crippen molar-refractivity contribution in [3.8, 4) is 0 Å². The molecule has 1 aromatic carbocycles. The second-order valence-corrected chi connectivity index (χ2v) is 5.41. The Morgan fingerprint density at radius 3 is 2.68 bits per heavy atom. The van der Waals surface area contributed by atoms with E-state index in [1.807, 2.05) is 0 Å². The third kappa shape index (κ3) is 2.71. The van der Waals surface area contributed by atoms with Crippen LogP contribution in [0.15, 0.2) is 18.2 Å². The first kappa shape index (κ1) is 13.8. The Balaban J connectivity index is 2.42. The van der Waals surface area contributed by atoms with Crippen LogP contribution in [0.5, 0.6) is 0 Å². The molecule has 2 amide bonds. The first-order chi connectivity index (χ1) is 8.81. The highest BCUT2D eigenvalue weighted by Crippen LogP contribution is 2.26. The van der Waals surface area contributed by atoms with E-state index in [0.717, 1.165) is 6.07 Å². The second-order valence-electron chi connectivity index (χ2n) is 4.98. The third-order valence-corrected chi connectivity index (χ3v) is 3.23. The minimum absolute atomic E-state index is 0.136. The lowest BCUT2D eigenvalue weighted by Crippen LogP contribution is -2.53. The molecule has 102 valence electrons. The van der Waals surface area contributed by atoms with Crippen LogP contribution in [0.2, 0.25) is 5.02 Å². The van der Waals surface area contributed by atoms with Crippen molar-refractivity contribution in [2.45, 2.75) is 25.8 Å². The SMILES string of the molecule is CC1(C)NC(=O)CCN(c2ccc(Cl)cc2F)C1=O. The van der Waals surface area contributed by atoms with Crippen LogP contribution in [0.25, 0.3) is 0 Å². The highest BCUT2D eigenvalue weighted by Gasteiger charge is 2.37. The number of halogens is 2. The maximum atomic E-state index is 13.9. The fraction of sp³-hybridized carbons (Fsp3) is 0.385. The molecular formula is C13H14ClFN2O2. The zero-order valence-electron chi connectivity index (χ0n) is 10.7. The average molecular weight is 285 g/mol. The van der Waals surface area contributed by atoms with Gasteiger partial charge in [0.2, 0.25) is 5.91 Å². The first-order valence-corrected chi connectivity index (χ1v) is 6.27. The molecule has 0 aliphatic carbocycles. The van der Waals surface area contributed by atoms with E-state index in [1.54, 1.807) is 13.8 Å². The van der Waals surface area contributed by atoms with Crippen molar-refractivity contribution in [1.82, 2.24) is 5.32 Å². The Morgan fingerprint density at radius 1 is 1.37 bits per heavy atom. The molecule has 19 heavy (non-hydrogen) atoms. The molecule has 1 saturated heterocycles. The predicted molar refractivity (Wildman–Crippen MR) is 70.6 cm³/mol. The van der Waals surface area contributed by atoms with Crippen LogP contribution in [0.1, 0.15) is 20.3 Å². The van der Waals surface area contributed by atoms with Crippen molar-refractivity contribution < 1.29 is 14.0 Å². The number of benzene rings is 1. The molecule has 2 rings (SSSR count). The lowest BCUT2D eigenvalue weighted by molar-refractivity contribution is -0.128. The smallest absolute Gasteiger partial charge is 0.252 e. The molecule has 0 atom stereocenters. The molecule has 0 radical (unpaired) electrons. The lowest BCUT2D eigenvalue weighted by atomic mass is 10.0. The van der Waals surface area contributed by atoms with Crippen molar-refractivity contribution in [2.24, 2.45) is 0 Å². The number of carbonyl (C=O) groups is 2. The van der Waals surface area contributed by atoms with Gasteiger partial charge in [0.15, 0.2) is 0 Å². The largest absolute Gasteiger partial charge is 0.342 e. The van der Waals surface area contributed by atoms with Gasteiger partial charge in [0.05, 0.1) is 5.69 Å². The van der Waals surface area contributed by atoms with E-state index < -0.39 is 11.4 Å². The molecular weight excluding hydrogens is 271 g/mol. The topological polar surface area (TPSA) is 49.4 Å². The molecule has 1 aliphatic rings. The Kier molecular flexibility index (Phi) is 3.49. The summed E-state index contributed by atoms with van der Waals surface area (Å²) in [6, 6.07) is 4.11. The van der Waals surface area contributed by atoms with Gasteiger partial charge in [-0.2, -0.15) is 0 Å². The van der Waals surface area contributed by atoms with Gasteiger partial charge in [-0.1, -0.05) is 11.6 Å². The summed E-state index contributed by atoms with van der Waals surface area (Å²) in [4.78, 5) is 25.2. The van der Waals surface area contributed by atoms with E-state index >= 15 is 0 Å². The molecule has 4 nitrogen and oxygen atoms in total. The summed E-state index contributed by atoms with van der Waals surface area (Å²) in [5.41, 5.74) is -0.918. The predicted octanol–water partition coefficient (Wildman–Crippen LogP) is 2.11. The monoisotopic (exact) mass is 284 g/mol. The fourth-order valence-corrected chi connectivity index (χ4v) is 2.21. The van der Waals surface area contributed by atoms with Crippen LogP contribution in [-0.4, -0.2) is 23.9 Å². The van der Waals surface area contributed by atoms with E-state index in [4.69, 9.17) is 11.6 Å². The average Bonchev–Trinajstić information content (AvgIpc) is 2.38. The number of anilines is 1. The molecule has 1 aliphatic heterocycles. The molecule has 1 fully saturated rings. The Hall–Kier alpha value is -1.62. The summed E-state index contributed by atoms with van der Waals surface area (Å²) in [5.74, 6) is -1.15. The van der Waals surface area contributed by atoms with Gasteiger partial charge >= 0.3 is 0 Å². The van der Waals surface area contributed by atoms with Gasteiger partial charge < -0.3 is 10.2 Å². The number of hydrogen-bond donors (Lipinski definition) is 1. The van der Waals surface area contributed by atoms with Crippen LogP contribution in [0.4, 0.5) is 10.1 Å². The number of hydrogen-bond acceptors (Lipinski definition) is 2. The minimum atomic E-state index is -1.06. The molecule has 0 saturated carbocycles. The zero-order chi connectivity index (χ0) is 14.2. The van der Waals surface area contributed by atoms with Crippen molar-refractivity contribution >= 4 is 29.1 Å². The maximum absolute atomic E-state index is 13.9. The molecule has 0 spiro atoms. The van der Waals surface area contributed by atoms with E-state index in [2.05, 4.69) is 5.32 Å². The number of carbonyl (C=O) groups excluding carboxylic acids is 2. The van der Waals surface area contributed by atoms with E-state index in [1.165, 1.54) is 17.0 Å². The van der Waals surface area contributed by atoms with Gasteiger partial charge in [-0.25, -0.2) is 4.39 Å². The molecule has 6 heteroatoms. The Labute approximate surface area is 115 Å². The normalized spacial score (nSPS) is 19.1. The highest BCUT2D eigenvalue weighted by molar-refractivity contribution is 6.30. The Bertz CT molecular complexity index is 545. The van der Waals surface area contributed by atoms with E-state index in [0.29, 0.717) is 0 Å². The molecule has 1 heterocycles. The number of nitrogens with zero attached hydrogens (tertiary/aromatic N) is 1. The molecule has 0 unspecified atom stereocenters. The zero-order valence-corrected chi connectivity index (χ0v) is 11.4. The number of rotatable bonds is 1. The molecule has 0 aromatic heterocycles. The molecule has 1 N–H and O–H groups in total. The van der Waals surface area contributed by atoms with Gasteiger partial charge in [-0.3, -0.25) is 9.59 Å². The lowest BCUT2D eigenvalue weighted by Gasteiger charge is -2.29. The summed E-state index contributed by atoms with van der Waals surface area (Å²) in [6.07, 6.45) is 0.136. The van der Waals surface area contributed by atoms with Gasteiger partial charge in [0, 0.05) is 18.0 Å². The van der Waals surface area contributed by atoms with Crippen LogP contribution in [0.3, 0.4) is 0 Å². The number of amides is 2. The molecule has 1 aromatic rings. The van der Waals surface area contributed by atoms with Crippen molar-refractivity contribution in [3.05, 3.63) is 29.0 Å². The van der Waals surface area contributed by atoms with Crippen molar-refractivity contribution in [3.63, 3.8) is 0 Å². The van der Waals surface area contributed by atoms with E-state index in [-0.39, 0.29) is 35.5 Å². The van der Waals surface area contributed by atoms with Crippen molar-refractivity contribution in [2.75, 3.05) is 11.4 Å². The minimum Gasteiger partial charge on any atom is -0.342 e. The van der Waals surface area contributed by atoms with Gasteiger partial charge in [-0.05, 0) is 32.0 Å². The van der Waals surface area contributed by atoms with Crippen LogP contribution >= 0.6 is 11.6 Å². The standard InChI is InChI=1S/C13H14ClFN2O2/c1-13(2)12(19)17(6-5-11(18)16-13)10-4-3-8(14)7-9(10)15/h3-4,7H,5-6H2,1-2H3,(H,16,18). The maximum Gasteiger partial charge on any atom is 0.252 e. The quantitative estimate of drug-likeness (QED) is 0.859. The summed E-state index contributed by atoms with van der Waals surface area (Å²) in [7, 11) is 0. The van der Waals surface area contributed by atoms with Gasteiger partial charge in [0.25, 0.3) is 5.91 Å². The van der Waals surface area contributed by atoms with Gasteiger partial charge in [-0.15, -0.1) is 0 Å². The summed E-state index contributed by atoms with van der Waals surface area (Å²) < 4.78 is 13.9. The first-order valence-electron chi connectivity index (χ1n) is 5.89. The summed E-state index contributed by atoms with van der Waals surface area (Å²) in [5, 5.41) is 2.88.